The van der Waals surface area contributed by atoms with Gasteiger partial charge in [0.25, 0.3) is 5.91 Å². The largest absolute Gasteiger partial charge is 0.390 e. The van der Waals surface area contributed by atoms with E-state index in [1.54, 1.807) is 12.1 Å². The molecule has 0 radical (unpaired) electrons. The molecule has 0 bridgehead atoms. The number of halogens is 1. The number of hydrogen-bond donors (Lipinski definition) is 2. The Morgan fingerprint density at radius 3 is 2.52 bits per heavy atom. The van der Waals surface area contributed by atoms with E-state index in [0.717, 1.165) is 28.8 Å². The van der Waals surface area contributed by atoms with E-state index in [4.69, 9.17) is 5.73 Å². The molecule has 0 aliphatic heterocycles. The summed E-state index contributed by atoms with van der Waals surface area (Å²) < 4.78 is 13.1. The van der Waals surface area contributed by atoms with Gasteiger partial charge in [-0.2, -0.15) is 0 Å². The maximum atomic E-state index is 13.1. The summed E-state index contributed by atoms with van der Waals surface area (Å²) in [5.74, 6) is -0.457. The van der Waals surface area contributed by atoms with Crippen LogP contribution in [-0.4, -0.2) is 12.5 Å². The molecule has 112 valence electrons. The van der Waals surface area contributed by atoms with Gasteiger partial charge in [0.05, 0.1) is 10.6 Å². The molecule has 2 aromatic rings. The number of thiophene rings is 1. The molecule has 3 N–H and O–H groups in total. The lowest BCUT2D eigenvalue weighted by molar-refractivity contribution is 0.0955. The molecule has 1 aromatic carbocycles. The number of hydrogen-bond acceptors (Lipinski definition) is 3. The number of aryl methyl sites for hydroxylation is 1. The molecule has 1 aromatic heterocycles. The van der Waals surface area contributed by atoms with Crippen molar-refractivity contribution in [1.82, 2.24) is 5.32 Å². The van der Waals surface area contributed by atoms with E-state index in [1.165, 1.54) is 23.5 Å². The molecule has 0 saturated carbocycles. The maximum absolute atomic E-state index is 13.1. The highest BCUT2D eigenvalue weighted by Crippen LogP contribution is 2.39. The van der Waals surface area contributed by atoms with Crippen LogP contribution in [-0.2, 0) is 6.42 Å². The van der Waals surface area contributed by atoms with E-state index in [9.17, 15) is 9.18 Å². The molecule has 0 fully saturated rings. The number of anilines is 1. The molecule has 5 heteroatoms. The summed E-state index contributed by atoms with van der Waals surface area (Å²) >= 11 is 1.42. The molecule has 0 atom stereocenters. The van der Waals surface area contributed by atoms with E-state index in [1.807, 2.05) is 13.8 Å². The van der Waals surface area contributed by atoms with E-state index >= 15 is 0 Å². The summed E-state index contributed by atoms with van der Waals surface area (Å²) in [6.45, 7) is 4.63. The summed E-state index contributed by atoms with van der Waals surface area (Å²) in [4.78, 5) is 13.4. The summed E-state index contributed by atoms with van der Waals surface area (Å²) in [5.41, 5.74) is 8.20. The van der Waals surface area contributed by atoms with Crippen LogP contribution in [0.25, 0.3) is 11.1 Å². The monoisotopic (exact) mass is 306 g/mol. The van der Waals surface area contributed by atoms with Crippen molar-refractivity contribution in [3.8, 4) is 11.1 Å². The lowest BCUT2D eigenvalue weighted by Crippen LogP contribution is -2.24. The minimum atomic E-state index is -0.294. The van der Waals surface area contributed by atoms with Crippen molar-refractivity contribution in [2.75, 3.05) is 12.3 Å². The molecule has 0 aliphatic rings. The van der Waals surface area contributed by atoms with E-state index < -0.39 is 0 Å². The van der Waals surface area contributed by atoms with Gasteiger partial charge >= 0.3 is 0 Å². The molecular formula is C16H19FN2OS. The van der Waals surface area contributed by atoms with Crippen LogP contribution in [0, 0.1) is 5.82 Å². The Bertz CT molecular complexity index is 634. The fourth-order valence-corrected chi connectivity index (χ4v) is 3.25. The van der Waals surface area contributed by atoms with Crippen LogP contribution >= 0.6 is 11.3 Å². The fourth-order valence-electron chi connectivity index (χ4n) is 2.22. The van der Waals surface area contributed by atoms with E-state index in [0.29, 0.717) is 17.1 Å². The standard InChI is InChI=1S/C16H19FN2OS/c1-3-9-19-16(20)14-13(12(4-2)21-15(14)18)10-5-7-11(17)8-6-10/h5-8H,3-4,9,18H2,1-2H3,(H,19,20). The van der Waals surface area contributed by atoms with Crippen LogP contribution < -0.4 is 11.1 Å². The Hall–Kier alpha value is -1.88. The number of nitrogens with one attached hydrogen (secondary N) is 1. The Balaban J connectivity index is 2.52. The van der Waals surface area contributed by atoms with Gasteiger partial charge in [-0.05, 0) is 30.5 Å². The quantitative estimate of drug-likeness (QED) is 0.882. The van der Waals surface area contributed by atoms with Crippen LogP contribution in [0.15, 0.2) is 24.3 Å². The minimum Gasteiger partial charge on any atom is -0.390 e. The predicted octanol–water partition coefficient (Wildman–Crippen LogP) is 3.84. The lowest BCUT2D eigenvalue weighted by atomic mass is 9.99. The van der Waals surface area contributed by atoms with Crippen LogP contribution in [0.4, 0.5) is 9.39 Å². The molecule has 3 nitrogen and oxygen atoms in total. The number of rotatable bonds is 5. The third-order valence-electron chi connectivity index (χ3n) is 3.23. The number of carbonyl (C=O) groups is 1. The van der Waals surface area contributed by atoms with Gasteiger partial charge in [0, 0.05) is 17.0 Å². The molecular weight excluding hydrogens is 287 g/mol. The van der Waals surface area contributed by atoms with Gasteiger partial charge in [0.2, 0.25) is 0 Å². The molecule has 0 spiro atoms. The third kappa shape index (κ3) is 3.24. The highest BCUT2D eigenvalue weighted by atomic mass is 32.1. The molecule has 0 unspecified atom stereocenters. The first-order chi connectivity index (χ1) is 10.1. The molecule has 1 amide bonds. The zero-order chi connectivity index (χ0) is 15.4. The smallest absolute Gasteiger partial charge is 0.254 e. The van der Waals surface area contributed by atoms with Gasteiger partial charge in [-0.1, -0.05) is 26.0 Å². The van der Waals surface area contributed by atoms with Crippen LogP contribution in [0.5, 0.6) is 0 Å². The maximum Gasteiger partial charge on any atom is 0.254 e. The highest BCUT2D eigenvalue weighted by Gasteiger charge is 2.22. The first-order valence-electron chi connectivity index (χ1n) is 7.03. The zero-order valence-electron chi connectivity index (χ0n) is 12.2. The van der Waals surface area contributed by atoms with Gasteiger partial charge in [0.15, 0.2) is 0 Å². The Morgan fingerprint density at radius 1 is 1.29 bits per heavy atom. The zero-order valence-corrected chi connectivity index (χ0v) is 13.0. The fraction of sp³-hybridized carbons (Fsp3) is 0.312. The number of benzene rings is 1. The molecule has 1 heterocycles. The SMILES string of the molecule is CCCNC(=O)c1c(N)sc(CC)c1-c1ccc(F)cc1. The van der Waals surface area contributed by atoms with Crippen molar-refractivity contribution in [2.45, 2.75) is 26.7 Å². The number of nitrogens with two attached hydrogens (primary N) is 1. The Labute approximate surface area is 128 Å². The van der Waals surface area contributed by atoms with Gasteiger partial charge in [0.1, 0.15) is 5.82 Å². The predicted molar refractivity (Wildman–Crippen MR) is 86.1 cm³/mol. The van der Waals surface area contributed by atoms with Crippen molar-refractivity contribution in [3.63, 3.8) is 0 Å². The average molecular weight is 306 g/mol. The summed E-state index contributed by atoms with van der Waals surface area (Å²) in [6.07, 6.45) is 1.64. The molecule has 0 saturated heterocycles. The van der Waals surface area contributed by atoms with E-state index in [-0.39, 0.29) is 11.7 Å². The molecule has 21 heavy (non-hydrogen) atoms. The van der Waals surface area contributed by atoms with Crippen molar-refractivity contribution in [2.24, 2.45) is 0 Å². The summed E-state index contributed by atoms with van der Waals surface area (Å²) in [6, 6.07) is 6.17. The van der Waals surface area contributed by atoms with Crippen LogP contribution in [0.3, 0.4) is 0 Å². The first kappa shape index (κ1) is 15.5. The van der Waals surface area contributed by atoms with Crippen LogP contribution in [0.1, 0.15) is 35.5 Å². The number of carbonyl (C=O) groups excluding carboxylic acids is 1. The second-order valence-electron chi connectivity index (χ2n) is 4.76. The van der Waals surface area contributed by atoms with E-state index in [2.05, 4.69) is 5.32 Å². The van der Waals surface area contributed by atoms with Crippen molar-refractivity contribution < 1.29 is 9.18 Å². The van der Waals surface area contributed by atoms with Crippen molar-refractivity contribution >= 4 is 22.2 Å². The molecule has 2 rings (SSSR count). The normalized spacial score (nSPS) is 10.6. The lowest BCUT2D eigenvalue weighted by Gasteiger charge is -2.08. The second-order valence-corrected chi connectivity index (χ2v) is 5.89. The van der Waals surface area contributed by atoms with Gasteiger partial charge in [-0.15, -0.1) is 11.3 Å². The van der Waals surface area contributed by atoms with Crippen molar-refractivity contribution in [1.29, 1.82) is 0 Å². The average Bonchev–Trinajstić information content (AvgIpc) is 2.82. The van der Waals surface area contributed by atoms with Crippen LogP contribution in [0.2, 0.25) is 0 Å². The first-order valence-corrected chi connectivity index (χ1v) is 7.85. The summed E-state index contributed by atoms with van der Waals surface area (Å²) in [5, 5.41) is 3.38. The number of amides is 1. The highest BCUT2D eigenvalue weighted by molar-refractivity contribution is 7.17. The topological polar surface area (TPSA) is 55.1 Å². The van der Waals surface area contributed by atoms with Gasteiger partial charge < -0.3 is 11.1 Å². The number of nitrogen functional groups attached to an aromatic ring is 1. The molecule has 0 aliphatic carbocycles. The Kier molecular flexibility index (Phi) is 4.96. The van der Waals surface area contributed by atoms with Crippen molar-refractivity contribution in [3.05, 3.63) is 40.5 Å². The second kappa shape index (κ2) is 6.72. The third-order valence-corrected chi connectivity index (χ3v) is 4.39. The van der Waals surface area contributed by atoms with Gasteiger partial charge in [-0.3, -0.25) is 4.79 Å². The Morgan fingerprint density at radius 2 is 1.95 bits per heavy atom. The van der Waals surface area contributed by atoms with Gasteiger partial charge in [-0.25, -0.2) is 4.39 Å². The minimum absolute atomic E-state index is 0.162. The summed E-state index contributed by atoms with van der Waals surface area (Å²) in [7, 11) is 0.